The lowest BCUT2D eigenvalue weighted by Crippen LogP contribution is -1.88. The molecule has 0 spiro atoms. The van der Waals surface area contributed by atoms with E-state index in [0.29, 0.717) is 21.5 Å². The van der Waals surface area contributed by atoms with Crippen LogP contribution >= 0.6 is 71.0 Å². The van der Waals surface area contributed by atoms with Gasteiger partial charge in [-0.05, 0) is 55.6 Å². The Hall–Kier alpha value is 0.260. The molecule has 100 valence electrons. The number of ether oxygens (including phenoxy) is 1. The zero-order valence-electron chi connectivity index (χ0n) is 9.39. The average molecular weight is 490 g/mol. The number of alkyl halides is 1. The standard InChI is InChI=1S/C13H7Br3Cl2O/c14-6-7-1-2-12(9(16)3-7)19-13-5-10(17)8(15)4-11(13)18/h1-5H,6H2. The molecule has 0 radical (unpaired) electrons. The second kappa shape index (κ2) is 6.81. The van der Waals surface area contributed by atoms with Crippen LogP contribution in [0.3, 0.4) is 0 Å². The summed E-state index contributed by atoms with van der Waals surface area (Å²) in [6, 6.07) is 9.23. The summed E-state index contributed by atoms with van der Waals surface area (Å²) in [5, 5.41) is 1.83. The summed E-state index contributed by atoms with van der Waals surface area (Å²) >= 11 is 22.4. The van der Waals surface area contributed by atoms with E-state index in [-0.39, 0.29) is 0 Å². The minimum absolute atomic E-state index is 0.493. The molecule has 19 heavy (non-hydrogen) atoms. The van der Waals surface area contributed by atoms with E-state index >= 15 is 0 Å². The van der Waals surface area contributed by atoms with Crippen molar-refractivity contribution >= 4 is 71.0 Å². The maximum Gasteiger partial charge on any atom is 0.147 e. The third-order valence-electron chi connectivity index (χ3n) is 2.35. The molecule has 0 aliphatic carbocycles. The zero-order valence-corrected chi connectivity index (χ0v) is 15.7. The smallest absolute Gasteiger partial charge is 0.147 e. The molecular formula is C13H7Br3Cl2O. The number of hydrogen-bond acceptors (Lipinski definition) is 1. The molecule has 0 amide bonds. The van der Waals surface area contributed by atoms with E-state index in [0.717, 1.165) is 19.8 Å². The monoisotopic (exact) mass is 486 g/mol. The molecule has 0 heterocycles. The molecule has 0 aliphatic heterocycles. The number of benzene rings is 2. The van der Waals surface area contributed by atoms with Gasteiger partial charge in [0.2, 0.25) is 0 Å². The van der Waals surface area contributed by atoms with Crippen LogP contribution in [0.5, 0.6) is 11.5 Å². The van der Waals surface area contributed by atoms with Crippen molar-refractivity contribution in [3.63, 3.8) is 0 Å². The molecule has 2 rings (SSSR count). The van der Waals surface area contributed by atoms with E-state index in [4.69, 9.17) is 27.9 Å². The summed E-state index contributed by atoms with van der Waals surface area (Å²) in [6.45, 7) is 0. The average Bonchev–Trinajstić information content (AvgIpc) is 2.38. The lowest BCUT2D eigenvalue weighted by atomic mass is 10.2. The zero-order chi connectivity index (χ0) is 14.0. The Morgan fingerprint density at radius 2 is 1.63 bits per heavy atom. The van der Waals surface area contributed by atoms with E-state index in [1.54, 1.807) is 12.1 Å². The Labute approximate surface area is 146 Å². The van der Waals surface area contributed by atoms with Gasteiger partial charge in [0.25, 0.3) is 0 Å². The highest BCUT2D eigenvalue weighted by Gasteiger charge is 2.10. The van der Waals surface area contributed by atoms with Gasteiger partial charge in [-0.1, -0.05) is 45.2 Å². The summed E-state index contributed by atoms with van der Waals surface area (Å²) in [5.41, 5.74) is 1.15. The summed E-state index contributed by atoms with van der Waals surface area (Å²) in [6.07, 6.45) is 0. The molecule has 0 aromatic heterocycles. The van der Waals surface area contributed by atoms with Crippen molar-refractivity contribution in [1.29, 1.82) is 0 Å². The Morgan fingerprint density at radius 1 is 0.895 bits per heavy atom. The fourth-order valence-electron chi connectivity index (χ4n) is 1.41. The van der Waals surface area contributed by atoms with Gasteiger partial charge in [0.1, 0.15) is 11.5 Å². The van der Waals surface area contributed by atoms with Crippen LogP contribution in [0.25, 0.3) is 0 Å². The van der Waals surface area contributed by atoms with Crippen LogP contribution in [0.4, 0.5) is 0 Å². The van der Waals surface area contributed by atoms with Crippen molar-refractivity contribution < 1.29 is 4.74 Å². The van der Waals surface area contributed by atoms with Gasteiger partial charge in [0.05, 0.1) is 14.5 Å². The van der Waals surface area contributed by atoms with Crippen LogP contribution in [-0.4, -0.2) is 0 Å². The fraction of sp³-hybridized carbons (Fsp3) is 0.0769. The minimum Gasteiger partial charge on any atom is -0.455 e. The highest BCUT2D eigenvalue weighted by Crippen LogP contribution is 2.38. The maximum atomic E-state index is 6.13. The normalized spacial score (nSPS) is 10.6. The van der Waals surface area contributed by atoms with Gasteiger partial charge in [0.15, 0.2) is 0 Å². The van der Waals surface area contributed by atoms with Crippen molar-refractivity contribution in [2.75, 3.05) is 0 Å². The van der Waals surface area contributed by atoms with E-state index in [9.17, 15) is 0 Å². The Bertz CT molecular complexity index is 617. The van der Waals surface area contributed by atoms with Gasteiger partial charge < -0.3 is 4.74 Å². The number of hydrogen-bond donors (Lipinski definition) is 0. The van der Waals surface area contributed by atoms with Crippen LogP contribution in [0.2, 0.25) is 10.0 Å². The Balaban J connectivity index is 2.33. The predicted octanol–water partition coefficient (Wildman–Crippen LogP) is 7.21. The van der Waals surface area contributed by atoms with Gasteiger partial charge in [0, 0.05) is 15.9 Å². The second-order valence-electron chi connectivity index (χ2n) is 3.70. The largest absolute Gasteiger partial charge is 0.455 e. The first-order chi connectivity index (χ1) is 9.01. The van der Waals surface area contributed by atoms with Crippen molar-refractivity contribution in [3.8, 4) is 11.5 Å². The molecule has 0 unspecified atom stereocenters. The summed E-state index contributed by atoms with van der Waals surface area (Å²) in [4.78, 5) is 0. The van der Waals surface area contributed by atoms with Crippen LogP contribution in [0.15, 0.2) is 39.3 Å². The van der Waals surface area contributed by atoms with E-state index in [2.05, 4.69) is 47.8 Å². The molecule has 6 heteroatoms. The predicted molar refractivity (Wildman–Crippen MR) is 91.0 cm³/mol. The third kappa shape index (κ3) is 3.88. The first-order valence-electron chi connectivity index (χ1n) is 5.18. The third-order valence-corrected chi connectivity index (χ3v) is 5.10. The van der Waals surface area contributed by atoms with Gasteiger partial charge in [-0.15, -0.1) is 0 Å². The first kappa shape index (κ1) is 15.6. The minimum atomic E-state index is 0.493. The van der Waals surface area contributed by atoms with Crippen molar-refractivity contribution in [2.24, 2.45) is 0 Å². The van der Waals surface area contributed by atoms with E-state index < -0.39 is 0 Å². The molecule has 2 aromatic rings. The molecule has 0 fully saturated rings. The lowest BCUT2D eigenvalue weighted by Gasteiger charge is -2.11. The SMILES string of the molecule is Clc1cc(Oc2ccc(CBr)cc2Br)c(Cl)cc1Br. The van der Waals surface area contributed by atoms with Crippen molar-refractivity contribution in [2.45, 2.75) is 5.33 Å². The molecule has 0 atom stereocenters. The maximum absolute atomic E-state index is 6.13. The van der Waals surface area contributed by atoms with Gasteiger partial charge in [-0.25, -0.2) is 0 Å². The van der Waals surface area contributed by atoms with Crippen molar-refractivity contribution in [3.05, 3.63) is 54.9 Å². The van der Waals surface area contributed by atoms with Crippen LogP contribution < -0.4 is 4.74 Å². The fourth-order valence-corrected chi connectivity index (χ4v) is 3.10. The van der Waals surface area contributed by atoms with Crippen LogP contribution in [-0.2, 0) is 5.33 Å². The van der Waals surface area contributed by atoms with Crippen LogP contribution in [0.1, 0.15) is 5.56 Å². The Kier molecular flexibility index (Phi) is 5.61. The van der Waals surface area contributed by atoms with Gasteiger partial charge >= 0.3 is 0 Å². The summed E-state index contributed by atoms with van der Waals surface area (Å²) in [7, 11) is 0. The molecule has 0 saturated carbocycles. The van der Waals surface area contributed by atoms with Crippen molar-refractivity contribution in [1.82, 2.24) is 0 Å². The van der Waals surface area contributed by atoms with Gasteiger partial charge in [-0.3, -0.25) is 0 Å². The molecule has 0 N–H and O–H groups in total. The van der Waals surface area contributed by atoms with E-state index in [1.807, 2.05) is 18.2 Å². The number of halogens is 5. The van der Waals surface area contributed by atoms with Gasteiger partial charge in [-0.2, -0.15) is 0 Å². The Morgan fingerprint density at radius 3 is 2.26 bits per heavy atom. The lowest BCUT2D eigenvalue weighted by molar-refractivity contribution is 0.479. The molecule has 0 saturated heterocycles. The quantitative estimate of drug-likeness (QED) is 0.327. The van der Waals surface area contributed by atoms with E-state index in [1.165, 1.54) is 0 Å². The molecular weight excluding hydrogens is 483 g/mol. The molecule has 0 bridgehead atoms. The second-order valence-corrected chi connectivity index (χ2v) is 6.78. The molecule has 0 aliphatic rings. The topological polar surface area (TPSA) is 9.23 Å². The summed E-state index contributed by atoms with van der Waals surface area (Å²) < 4.78 is 7.37. The highest BCUT2D eigenvalue weighted by molar-refractivity contribution is 9.11. The van der Waals surface area contributed by atoms with Crippen LogP contribution in [0, 0.1) is 0 Å². The molecule has 1 nitrogen and oxygen atoms in total. The summed E-state index contributed by atoms with van der Waals surface area (Å²) in [5.74, 6) is 1.20. The number of rotatable bonds is 3. The molecule has 2 aromatic carbocycles. The first-order valence-corrected chi connectivity index (χ1v) is 8.64. The highest BCUT2D eigenvalue weighted by atomic mass is 79.9.